The standard InChI is InChI=1S/C19H19N3O3/c1-2-24-18-7-4-3-6-16(18)22-19(23)21-13-14-9-10-15(20-12-14)17-8-5-11-25-17/h3-12H,2,13H2,1H3,(H2,21,22,23). The van der Waals surface area contributed by atoms with Crippen LogP contribution in [0.4, 0.5) is 10.5 Å². The largest absolute Gasteiger partial charge is 0.492 e. The molecule has 0 saturated heterocycles. The molecule has 6 heteroatoms. The lowest BCUT2D eigenvalue weighted by molar-refractivity contribution is 0.251. The molecule has 3 aromatic rings. The van der Waals surface area contributed by atoms with Crippen LogP contribution in [0.3, 0.4) is 0 Å². The molecule has 0 bridgehead atoms. The molecule has 0 radical (unpaired) electrons. The van der Waals surface area contributed by atoms with Gasteiger partial charge in [0.15, 0.2) is 5.76 Å². The quantitative estimate of drug-likeness (QED) is 0.711. The van der Waals surface area contributed by atoms with Crippen LogP contribution in [0.15, 0.2) is 65.4 Å². The molecular weight excluding hydrogens is 318 g/mol. The number of benzene rings is 1. The van der Waals surface area contributed by atoms with Gasteiger partial charge in [-0.15, -0.1) is 0 Å². The fourth-order valence-electron chi connectivity index (χ4n) is 2.30. The van der Waals surface area contributed by atoms with Crippen molar-refractivity contribution in [2.24, 2.45) is 0 Å². The van der Waals surface area contributed by atoms with Crippen molar-refractivity contribution in [3.63, 3.8) is 0 Å². The number of anilines is 1. The maximum Gasteiger partial charge on any atom is 0.319 e. The Kier molecular flexibility index (Phi) is 5.31. The van der Waals surface area contributed by atoms with Crippen LogP contribution < -0.4 is 15.4 Å². The van der Waals surface area contributed by atoms with Crippen LogP contribution in [0.1, 0.15) is 12.5 Å². The Bertz CT molecular complexity index is 814. The Morgan fingerprint density at radius 3 is 2.76 bits per heavy atom. The summed E-state index contributed by atoms with van der Waals surface area (Å²) in [6.45, 7) is 2.80. The van der Waals surface area contributed by atoms with Gasteiger partial charge in [-0.3, -0.25) is 4.98 Å². The first-order valence-electron chi connectivity index (χ1n) is 8.01. The van der Waals surface area contributed by atoms with Crippen LogP contribution in [0.2, 0.25) is 0 Å². The minimum Gasteiger partial charge on any atom is -0.492 e. The van der Waals surface area contributed by atoms with E-state index in [-0.39, 0.29) is 6.03 Å². The third kappa shape index (κ3) is 4.38. The number of carbonyl (C=O) groups is 1. The normalized spacial score (nSPS) is 10.3. The van der Waals surface area contributed by atoms with Gasteiger partial charge in [0.1, 0.15) is 11.4 Å². The van der Waals surface area contributed by atoms with Crippen LogP contribution in [0.5, 0.6) is 5.75 Å². The minimum atomic E-state index is -0.303. The number of amides is 2. The second kappa shape index (κ2) is 8.01. The molecule has 0 unspecified atom stereocenters. The highest BCUT2D eigenvalue weighted by Crippen LogP contribution is 2.23. The summed E-state index contributed by atoms with van der Waals surface area (Å²) in [5, 5.41) is 5.59. The number of urea groups is 1. The summed E-state index contributed by atoms with van der Waals surface area (Å²) in [7, 11) is 0. The zero-order valence-electron chi connectivity index (χ0n) is 13.9. The van der Waals surface area contributed by atoms with Gasteiger partial charge in [-0.25, -0.2) is 4.79 Å². The number of para-hydroxylation sites is 2. The highest BCUT2D eigenvalue weighted by Gasteiger charge is 2.07. The predicted octanol–water partition coefficient (Wildman–Crippen LogP) is 4.06. The molecule has 1 aromatic carbocycles. The molecule has 25 heavy (non-hydrogen) atoms. The molecule has 3 rings (SSSR count). The van der Waals surface area contributed by atoms with E-state index in [9.17, 15) is 4.79 Å². The number of hydrogen-bond acceptors (Lipinski definition) is 4. The average molecular weight is 337 g/mol. The number of nitrogens with zero attached hydrogens (tertiary/aromatic N) is 1. The number of hydrogen-bond donors (Lipinski definition) is 2. The summed E-state index contributed by atoms with van der Waals surface area (Å²) in [4.78, 5) is 16.4. The lowest BCUT2D eigenvalue weighted by Gasteiger charge is -2.12. The van der Waals surface area contributed by atoms with Crippen LogP contribution >= 0.6 is 0 Å². The molecule has 2 N–H and O–H groups in total. The number of rotatable bonds is 6. The zero-order chi connectivity index (χ0) is 17.5. The number of carbonyl (C=O) groups excluding carboxylic acids is 1. The number of aromatic nitrogens is 1. The number of pyridine rings is 1. The number of ether oxygens (including phenoxy) is 1. The van der Waals surface area contributed by atoms with Gasteiger partial charge in [-0.1, -0.05) is 18.2 Å². The van der Waals surface area contributed by atoms with Crippen molar-refractivity contribution >= 4 is 11.7 Å². The summed E-state index contributed by atoms with van der Waals surface area (Å²) in [5.74, 6) is 1.36. The third-order valence-corrected chi connectivity index (χ3v) is 3.49. The van der Waals surface area contributed by atoms with E-state index in [2.05, 4.69) is 15.6 Å². The average Bonchev–Trinajstić information content (AvgIpc) is 3.17. The second-order valence-corrected chi connectivity index (χ2v) is 5.27. The number of nitrogens with one attached hydrogen (secondary N) is 2. The Morgan fingerprint density at radius 1 is 1.16 bits per heavy atom. The highest BCUT2D eigenvalue weighted by molar-refractivity contribution is 5.90. The fourth-order valence-corrected chi connectivity index (χ4v) is 2.30. The zero-order valence-corrected chi connectivity index (χ0v) is 13.9. The molecule has 0 aliphatic heterocycles. The smallest absolute Gasteiger partial charge is 0.319 e. The third-order valence-electron chi connectivity index (χ3n) is 3.49. The van der Waals surface area contributed by atoms with E-state index >= 15 is 0 Å². The second-order valence-electron chi connectivity index (χ2n) is 5.27. The Morgan fingerprint density at radius 2 is 2.04 bits per heavy atom. The van der Waals surface area contributed by atoms with Crippen LogP contribution in [0.25, 0.3) is 11.5 Å². The molecule has 0 spiro atoms. The summed E-state index contributed by atoms with van der Waals surface area (Å²) in [6.07, 6.45) is 3.32. The van der Waals surface area contributed by atoms with Gasteiger partial charge in [-0.05, 0) is 42.8 Å². The first kappa shape index (κ1) is 16.6. The molecule has 2 amide bonds. The van der Waals surface area contributed by atoms with E-state index in [0.29, 0.717) is 30.3 Å². The van der Waals surface area contributed by atoms with E-state index in [1.165, 1.54) is 0 Å². The lowest BCUT2D eigenvalue weighted by atomic mass is 10.2. The van der Waals surface area contributed by atoms with Crippen LogP contribution in [0, 0.1) is 0 Å². The molecule has 2 heterocycles. The molecule has 2 aromatic heterocycles. The number of furan rings is 1. The molecule has 0 fully saturated rings. The maximum absolute atomic E-state index is 12.1. The van der Waals surface area contributed by atoms with Gasteiger partial charge in [0.05, 0.1) is 18.6 Å². The monoisotopic (exact) mass is 337 g/mol. The fraction of sp³-hybridized carbons (Fsp3) is 0.158. The van der Waals surface area contributed by atoms with Crippen molar-refractivity contribution in [2.45, 2.75) is 13.5 Å². The Labute approximate surface area is 145 Å². The molecule has 128 valence electrons. The first-order chi connectivity index (χ1) is 12.3. The van der Waals surface area contributed by atoms with Crippen molar-refractivity contribution in [3.05, 3.63) is 66.6 Å². The van der Waals surface area contributed by atoms with Gasteiger partial charge in [0.2, 0.25) is 0 Å². The first-order valence-corrected chi connectivity index (χ1v) is 8.01. The summed E-state index contributed by atoms with van der Waals surface area (Å²) >= 11 is 0. The van der Waals surface area contributed by atoms with Gasteiger partial charge in [-0.2, -0.15) is 0 Å². The SMILES string of the molecule is CCOc1ccccc1NC(=O)NCc1ccc(-c2ccco2)nc1. The van der Waals surface area contributed by atoms with E-state index in [1.54, 1.807) is 18.5 Å². The minimum absolute atomic E-state index is 0.303. The predicted molar refractivity (Wildman–Crippen MR) is 95.4 cm³/mol. The maximum atomic E-state index is 12.1. The van der Waals surface area contributed by atoms with Crippen LogP contribution in [-0.4, -0.2) is 17.6 Å². The van der Waals surface area contributed by atoms with E-state index in [4.69, 9.17) is 9.15 Å². The highest BCUT2D eigenvalue weighted by atomic mass is 16.5. The molecule has 0 saturated carbocycles. The van der Waals surface area contributed by atoms with E-state index < -0.39 is 0 Å². The van der Waals surface area contributed by atoms with E-state index in [1.807, 2.05) is 49.4 Å². The summed E-state index contributed by atoms with van der Waals surface area (Å²) < 4.78 is 10.8. The summed E-state index contributed by atoms with van der Waals surface area (Å²) in [5.41, 5.74) is 2.28. The van der Waals surface area contributed by atoms with Gasteiger partial charge < -0.3 is 19.8 Å². The van der Waals surface area contributed by atoms with E-state index in [0.717, 1.165) is 11.3 Å². The van der Waals surface area contributed by atoms with Crippen molar-refractivity contribution in [2.75, 3.05) is 11.9 Å². The Hall–Kier alpha value is -3.28. The lowest BCUT2D eigenvalue weighted by Crippen LogP contribution is -2.28. The molecule has 0 aliphatic rings. The summed E-state index contributed by atoms with van der Waals surface area (Å²) in [6, 6.07) is 14.4. The van der Waals surface area contributed by atoms with Gasteiger partial charge in [0, 0.05) is 12.7 Å². The Balaban J connectivity index is 1.56. The van der Waals surface area contributed by atoms with Crippen LogP contribution in [-0.2, 0) is 6.54 Å². The van der Waals surface area contributed by atoms with Crippen molar-refractivity contribution in [3.8, 4) is 17.2 Å². The van der Waals surface area contributed by atoms with Gasteiger partial charge in [0.25, 0.3) is 0 Å². The molecule has 0 aliphatic carbocycles. The van der Waals surface area contributed by atoms with Crippen molar-refractivity contribution in [1.82, 2.24) is 10.3 Å². The van der Waals surface area contributed by atoms with Crippen molar-refractivity contribution in [1.29, 1.82) is 0 Å². The molecule has 6 nitrogen and oxygen atoms in total. The van der Waals surface area contributed by atoms with Crippen molar-refractivity contribution < 1.29 is 13.9 Å². The molecule has 0 atom stereocenters. The van der Waals surface area contributed by atoms with Gasteiger partial charge >= 0.3 is 6.03 Å². The topological polar surface area (TPSA) is 76.4 Å². The molecular formula is C19H19N3O3.